The molecule has 8 nitrogen and oxygen atoms in total. The van der Waals surface area contributed by atoms with Crippen molar-refractivity contribution in [1.82, 2.24) is 5.32 Å². The molecule has 1 aromatic heterocycles. The summed E-state index contributed by atoms with van der Waals surface area (Å²) in [4.78, 5) is 29.7. The SMILES string of the molecule is COc1cc([C@@H](C(=O)NC2CCCC2)N(C(=O)c2ccco2)c2ccc3c(c2)CCC3)cc(OC)c1OC. The van der Waals surface area contributed by atoms with Crippen molar-refractivity contribution in [2.75, 3.05) is 26.2 Å². The maximum atomic E-state index is 14.1. The summed E-state index contributed by atoms with van der Waals surface area (Å²) in [6.45, 7) is 0. The lowest BCUT2D eigenvalue weighted by Gasteiger charge is -2.32. The number of amides is 2. The topological polar surface area (TPSA) is 90.2 Å². The zero-order valence-electron chi connectivity index (χ0n) is 22.1. The Hall–Kier alpha value is -3.94. The van der Waals surface area contributed by atoms with Crippen molar-refractivity contribution in [3.05, 3.63) is 71.2 Å². The molecule has 0 aliphatic heterocycles. The monoisotopic (exact) mass is 518 g/mol. The maximum Gasteiger partial charge on any atom is 0.294 e. The molecule has 1 N–H and O–H groups in total. The number of aryl methyl sites for hydroxylation is 2. The number of fused-ring (bicyclic) bond motifs is 1. The zero-order valence-corrected chi connectivity index (χ0v) is 22.1. The normalized spacial score (nSPS) is 15.6. The molecule has 200 valence electrons. The third-order valence-electron chi connectivity index (χ3n) is 7.52. The third kappa shape index (κ3) is 4.95. The van der Waals surface area contributed by atoms with Gasteiger partial charge in [-0.05, 0) is 85.2 Å². The molecule has 0 bridgehead atoms. The van der Waals surface area contributed by atoms with E-state index in [1.54, 1.807) is 24.3 Å². The Balaban J connectivity index is 1.68. The molecular formula is C30H34N2O6. The van der Waals surface area contributed by atoms with E-state index in [-0.39, 0.29) is 17.7 Å². The van der Waals surface area contributed by atoms with Crippen LogP contribution >= 0.6 is 0 Å². The quantitative estimate of drug-likeness (QED) is 0.417. The molecule has 2 aliphatic rings. The number of anilines is 1. The number of methoxy groups -OCH3 is 3. The van der Waals surface area contributed by atoms with E-state index >= 15 is 0 Å². The van der Waals surface area contributed by atoms with E-state index in [1.165, 1.54) is 43.6 Å². The third-order valence-corrected chi connectivity index (χ3v) is 7.52. The highest BCUT2D eigenvalue weighted by Gasteiger charge is 2.37. The van der Waals surface area contributed by atoms with E-state index in [2.05, 4.69) is 11.4 Å². The van der Waals surface area contributed by atoms with Crippen molar-refractivity contribution in [3.63, 3.8) is 0 Å². The van der Waals surface area contributed by atoms with Crippen molar-refractivity contribution in [2.45, 2.75) is 57.0 Å². The average Bonchev–Trinajstić information content (AvgIpc) is 3.73. The summed E-state index contributed by atoms with van der Waals surface area (Å²) in [6.07, 6.45) is 8.45. The molecule has 1 fully saturated rings. The second-order valence-electron chi connectivity index (χ2n) is 9.81. The van der Waals surface area contributed by atoms with Crippen LogP contribution in [0.4, 0.5) is 5.69 Å². The molecule has 3 aromatic rings. The largest absolute Gasteiger partial charge is 0.493 e. The molecule has 1 atom stereocenters. The second-order valence-corrected chi connectivity index (χ2v) is 9.81. The van der Waals surface area contributed by atoms with Gasteiger partial charge in [0.2, 0.25) is 11.7 Å². The lowest BCUT2D eigenvalue weighted by atomic mass is 9.99. The van der Waals surface area contributed by atoms with Gasteiger partial charge in [-0.1, -0.05) is 18.9 Å². The average molecular weight is 519 g/mol. The molecule has 2 amide bonds. The Morgan fingerprint density at radius 1 is 0.921 bits per heavy atom. The highest BCUT2D eigenvalue weighted by Crippen LogP contribution is 2.42. The number of rotatable bonds is 9. The second kappa shape index (κ2) is 11.2. The van der Waals surface area contributed by atoms with E-state index in [0.29, 0.717) is 28.5 Å². The smallest absolute Gasteiger partial charge is 0.294 e. The van der Waals surface area contributed by atoms with Crippen molar-refractivity contribution >= 4 is 17.5 Å². The zero-order chi connectivity index (χ0) is 26.6. The highest BCUT2D eigenvalue weighted by atomic mass is 16.5. The Morgan fingerprint density at radius 3 is 2.26 bits per heavy atom. The molecule has 1 saturated carbocycles. The molecular weight excluding hydrogens is 484 g/mol. The van der Waals surface area contributed by atoms with Gasteiger partial charge in [0.25, 0.3) is 5.91 Å². The number of furan rings is 1. The standard InChI is InChI=1S/C30H34N2O6/c1-35-25-17-21(18-26(36-2)28(25)37-3)27(29(33)31-22-10-4-5-11-22)32(30(34)24-12-7-15-38-24)23-14-13-19-8-6-9-20(19)16-23/h7,12-18,22,27H,4-6,8-11H2,1-3H3,(H,31,33)/t27-/m0/s1. The minimum Gasteiger partial charge on any atom is -0.493 e. The van der Waals surface area contributed by atoms with Crippen LogP contribution in [0.2, 0.25) is 0 Å². The van der Waals surface area contributed by atoms with E-state index in [9.17, 15) is 9.59 Å². The van der Waals surface area contributed by atoms with Crippen molar-refractivity contribution < 1.29 is 28.2 Å². The molecule has 0 unspecified atom stereocenters. The molecule has 8 heteroatoms. The van der Waals surface area contributed by atoms with Crippen LogP contribution in [-0.4, -0.2) is 39.2 Å². The Morgan fingerprint density at radius 2 is 1.63 bits per heavy atom. The van der Waals surface area contributed by atoms with Gasteiger partial charge in [0, 0.05) is 11.7 Å². The first-order valence-corrected chi connectivity index (χ1v) is 13.1. The van der Waals surface area contributed by atoms with Crippen molar-refractivity contribution in [3.8, 4) is 17.2 Å². The Labute approximate surface area is 222 Å². The molecule has 38 heavy (non-hydrogen) atoms. The summed E-state index contributed by atoms with van der Waals surface area (Å²) in [7, 11) is 4.59. The summed E-state index contributed by atoms with van der Waals surface area (Å²) < 4.78 is 22.2. The van der Waals surface area contributed by atoms with Crippen molar-refractivity contribution in [2.24, 2.45) is 0 Å². The van der Waals surface area contributed by atoms with Crippen LogP contribution in [-0.2, 0) is 17.6 Å². The predicted octanol–water partition coefficient (Wildman–Crippen LogP) is 5.24. The summed E-state index contributed by atoms with van der Waals surface area (Å²) in [5.41, 5.74) is 3.64. The molecule has 1 heterocycles. The summed E-state index contributed by atoms with van der Waals surface area (Å²) >= 11 is 0. The molecule has 0 spiro atoms. The van der Waals surface area contributed by atoms with Gasteiger partial charge in [0.15, 0.2) is 17.3 Å². The summed E-state index contributed by atoms with van der Waals surface area (Å²) in [5.74, 6) is 0.686. The van der Waals surface area contributed by atoms with Gasteiger partial charge in [0.05, 0.1) is 27.6 Å². The van der Waals surface area contributed by atoms with Crippen LogP contribution in [0.15, 0.2) is 53.1 Å². The van der Waals surface area contributed by atoms with E-state index in [0.717, 1.165) is 44.9 Å². The van der Waals surface area contributed by atoms with Gasteiger partial charge < -0.3 is 23.9 Å². The lowest BCUT2D eigenvalue weighted by molar-refractivity contribution is -0.123. The van der Waals surface area contributed by atoms with Crippen molar-refractivity contribution in [1.29, 1.82) is 0 Å². The number of nitrogens with one attached hydrogen (secondary N) is 1. The fourth-order valence-electron chi connectivity index (χ4n) is 5.64. The Bertz CT molecular complexity index is 1270. The maximum absolute atomic E-state index is 14.1. The van der Waals surface area contributed by atoms with Crippen LogP contribution in [0.5, 0.6) is 17.2 Å². The summed E-state index contributed by atoms with van der Waals surface area (Å²) in [5, 5.41) is 3.21. The van der Waals surface area contributed by atoms with Gasteiger partial charge in [-0.25, -0.2) is 0 Å². The first-order valence-electron chi connectivity index (χ1n) is 13.1. The number of hydrogen-bond donors (Lipinski definition) is 1. The van der Waals surface area contributed by atoms with Gasteiger partial charge in [-0.3, -0.25) is 14.5 Å². The van der Waals surface area contributed by atoms with Crippen LogP contribution in [0.25, 0.3) is 0 Å². The van der Waals surface area contributed by atoms with Gasteiger partial charge in [-0.15, -0.1) is 0 Å². The number of hydrogen-bond acceptors (Lipinski definition) is 6. The minimum absolute atomic E-state index is 0.0626. The Kier molecular flexibility index (Phi) is 7.58. The summed E-state index contributed by atoms with van der Waals surface area (Å²) in [6, 6.07) is 11.8. The van der Waals surface area contributed by atoms with E-state index in [4.69, 9.17) is 18.6 Å². The first-order chi connectivity index (χ1) is 18.5. The number of ether oxygens (including phenoxy) is 3. The van der Waals surface area contributed by atoms with Crippen LogP contribution in [0.1, 0.15) is 65.4 Å². The van der Waals surface area contributed by atoms with Crippen LogP contribution < -0.4 is 24.4 Å². The minimum atomic E-state index is -1.01. The van der Waals surface area contributed by atoms with Gasteiger partial charge >= 0.3 is 0 Å². The first kappa shape index (κ1) is 25.7. The molecule has 2 aromatic carbocycles. The number of carbonyl (C=O) groups excluding carboxylic acids is 2. The lowest BCUT2D eigenvalue weighted by Crippen LogP contribution is -2.46. The van der Waals surface area contributed by atoms with E-state index < -0.39 is 11.9 Å². The van der Waals surface area contributed by atoms with E-state index in [1.807, 2.05) is 12.1 Å². The van der Waals surface area contributed by atoms with Gasteiger partial charge in [0.1, 0.15) is 6.04 Å². The number of nitrogens with zero attached hydrogens (tertiary/aromatic N) is 1. The van der Waals surface area contributed by atoms with Gasteiger partial charge in [-0.2, -0.15) is 0 Å². The predicted molar refractivity (Wildman–Crippen MR) is 143 cm³/mol. The fraction of sp³-hybridized carbons (Fsp3) is 0.400. The fourth-order valence-corrected chi connectivity index (χ4v) is 5.64. The number of carbonyl (C=O) groups is 2. The highest BCUT2D eigenvalue weighted by molar-refractivity contribution is 6.08. The van der Waals surface area contributed by atoms with Crippen LogP contribution in [0, 0.1) is 0 Å². The molecule has 0 saturated heterocycles. The molecule has 0 radical (unpaired) electrons. The molecule has 2 aliphatic carbocycles. The van der Waals surface area contributed by atoms with Crippen LogP contribution in [0.3, 0.4) is 0 Å². The molecule has 5 rings (SSSR count). The number of benzene rings is 2.